The zero-order chi connectivity index (χ0) is 33.6. The Balaban J connectivity index is 1.41. The Hall–Kier alpha value is -4.74. The van der Waals surface area contributed by atoms with E-state index in [1.807, 2.05) is 0 Å². The zero-order valence-corrected chi connectivity index (χ0v) is 26.0. The fraction of sp³-hybridized carbons (Fsp3) is 0.265. The summed E-state index contributed by atoms with van der Waals surface area (Å²) in [6.45, 7) is 0. The van der Waals surface area contributed by atoms with Crippen LogP contribution in [0, 0.1) is 23.6 Å². The van der Waals surface area contributed by atoms with Crippen molar-refractivity contribution in [2.45, 2.75) is 28.5 Å². The lowest BCUT2D eigenvalue weighted by atomic mass is 9.56. The number of hydrogen-bond donors (Lipinski definition) is 2. The number of halogens is 3. The Labute approximate surface area is 276 Å². The van der Waals surface area contributed by atoms with Gasteiger partial charge in [-0.3, -0.25) is 24.1 Å². The molecule has 4 aliphatic rings. The van der Waals surface area contributed by atoms with Crippen LogP contribution in [0.3, 0.4) is 0 Å². The van der Waals surface area contributed by atoms with Gasteiger partial charge in [0, 0.05) is 11.5 Å². The van der Waals surface area contributed by atoms with Gasteiger partial charge in [-0.25, -0.2) is 14.1 Å². The van der Waals surface area contributed by atoms with Gasteiger partial charge in [0.15, 0.2) is 9.75 Å². The van der Waals surface area contributed by atoms with E-state index in [4.69, 9.17) is 27.9 Å². The van der Waals surface area contributed by atoms with E-state index in [1.54, 1.807) is 12.1 Å². The molecule has 240 valence electrons. The second kappa shape index (κ2) is 10.6. The van der Waals surface area contributed by atoms with E-state index in [2.05, 4.69) is 0 Å². The van der Waals surface area contributed by atoms with Crippen LogP contribution in [0.25, 0.3) is 0 Å². The molecule has 13 heteroatoms. The predicted molar refractivity (Wildman–Crippen MR) is 167 cm³/mol. The second-order valence-corrected chi connectivity index (χ2v) is 13.3. The maximum Gasteiger partial charge on any atom is 0.335 e. The van der Waals surface area contributed by atoms with Gasteiger partial charge in [-0.15, -0.1) is 23.2 Å². The highest BCUT2D eigenvalue weighted by Gasteiger charge is 2.77. The molecule has 47 heavy (non-hydrogen) atoms. The fourth-order valence-electron chi connectivity index (χ4n) is 7.75. The monoisotopic (exact) mass is 678 g/mol. The van der Waals surface area contributed by atoms with Crippen LogP contribution < -0.4 is 14.5 Å². The average Bonchev–Trinajstić information content (AvgIpc) is 3.39. The topological polar surface area (TPSA) is 142 Å². The number of carboxylic acids is 1. The molecule has 0 bridgehead atoms. The molecule has 3 fully saturated rings. The van der Waals surface area contributed by atoms with Gasteiger partial charge in [0.25, 0.3) is 11.8 Å². The lowest BCUT2D eigenvalue weighted by Gasteiger charge is -2.50. The van der Waals surface area contributed by atoms with Crippen molar-refractivity contribution in [3.63, 3.8) is 0 Å². The number of allylic oxidation sites excluding steroid dienone is 2. The van der Waals surface area contributed by atoms with Crippen LogP contribution in [0.4, 0.5) is 15.8 Å². The standard InChI is InChI=1S/C34H25Cl2FN2O8/c1-47-24-7-3-6-23(40)26(24)27-20-12-13-21-25(29(42)38(28(21)41)19-5-2-4-16(14-19)30(43)44)22(20)15-33(35)31(45)39(32(46)34(27,33)36)18-10-8-17(37)9-11-18/h2-12,14,21-22,25,27,40H,13,15H2,1H3,(H,43,44). The van der Waals surface area contributed by atoms with E-state index >= 15 is 0 Å². The molecule has 1 saturated carbocycles. The average molecular weight is 679 g/mol. The highest BCUT2D eigenvalue weighted by atomic mass is 35.5. The molecule has 2 N–H and O–H groups in total. The van der Waals surface area contributed by atoms with Gasteiger partial charge in [-0.05, 0) is 73.4 Å². The highest BCUT2D eigenvalue weighted by molar-refractivity contribution is 6.58. The number of amides is 4. The molecule has 10 nitrogen and oxygen atoms in total. The second-order valence-electron chi connectivity index (χ2n) is 12.0. The van der Waals surface area contributed by atoms with Gasteiger partial charge in [0.2, 0.25) is 11.8 Å². The Morgan fingerprint density at radius 1 is 0.915 bits per heavy atom. The SMILES string of the molecule is COc1cccc(O)c1C1C2=CCC3C(=O)N(c4cccc(C(=O)O)c4)C(=O)C3C2CC2(Cl)C(=O)N(c3ccc(F)cc3)C(=O)C12Cl. The lowest BCUT2D eigenvalue weighted by Crippen LogP contribution is -2.60. The Kier molecular flexibility index (Phi) is 7.00. The van der Waals surface area contributed by atoms with E-state index in [-0.39, 0.29) is 46.8 Å². The van der Waals surface area contributed by atoms with Crippen LogP contribution in [0.1, 0.15) is 34.7 Å². The largest absolute Gasteiger partial charge is 0.508 e. The molecule has 7 rings (SSSR count). The smallest absolute Gasteiger partial charge is 0.335 e. The molecule has 3 aromatic rings. The van der Waals surface area contributed by atoms with Crippen LogP contribution in [0.15, 0.2) is 78.4 Å². The normalized spacial score (nSPS) is 29.7. The van der Waals surface area contributed by atoms with E-state index < -0.39 is 68.8 Å². The summed E-state index contributed by atoms with van der Waals surface area (Å²) in [6, 6.07) is 14.5. The molecule has 4 amide bonds. The van der Waals surface area contributed by atoms with Crippen molar-refractivity contribution in [3.05, 3.63) is 95.3 Å². The summed E-state index contributed by atoms with van der Waals surface area (Å²) >= 11 is 14.7. The molecule has 6 atom stereocenters. The summed E-state index contributed by atoms with van der Waals surface area (Å²) < 4.78 is 19.4. The van der Waals surface area contributed by atoms with Crippen LogP contribution in [-0.4, -0.2) is 56.7 Å². The first kappa shape index (κ1) is 30.9. The molecule has 0 spiro atoms. The summed E-state index contributed by atoms with van der Waals surface area (Å²) in [5.41, 5.74) is 0.456. The molecule has 2 saturated heterocycles. The maximum atomic E-state index is 14.5. The van der Waals surface area contributed by atoms with Gasteiger partial charge in [-0.1, -0.05) is 23.8 Å². The number of nitrogens with zero attached hydrogens (tertiary/aromatic N) is 2. The van der Waals surface area contributed by atoms with Crippen molar-refractivity contribution in [2.24, 2.45) is 17.8 Å². The van der Waals surface area contributed by atoms with Gasteiger partial charge in [-0.2, -0.15) is 0 Å². The van der Waals surface area contributed by atoms with Crippen molar-refractivity contribution in [1.82, 2.24) is 0 Å². The number of aromatic carboxylic acids is 1. The summed E-state index contributed by atoms with van der Waals surface area (Å²) in [4.78, 5) is 65.8. The van der Waals surface area contributed by atoms with Crippen molar-refractivity contribution >= 4 is 64.2 Å². The quantitative estimate of drug-likeness (QED) is 0.218. The molecule has 3 aromatic carbocycles. The number of anilines is 2. The number of phenols is 1. The molecule has 6 unspecified atom stereocenters. The van der Waals surface area contributed by atoms with Crippen LogP contribution in [0.2, 0.25) is 0 Å². The molecule has 0 radical (unpaired) electrons. The molecular formula is C34H25Cl2FN2O8. The number of imide groups is 2. The molecule has 2 aliphatic carbocycles. The van der Waals surface area contributed by atoms with E-state index in [0.29, 0.717) is 5.57 Å². The molecule has 2 aliphatic heterocycles. The number of aromatic hydroxyl groups is 1. The molecular weight excluding hydrogens is 654 g/mol. The Bertz CT molecular complexity index is 1950. The lowest BCUT2D eigenvalue weighted by molar-refractivity contribution is -0.125. The number of fused-ring (bicyclic) bond motifs is 4. The van der Waals surface area contributed by atoms with E-state index in [9.17, 15) is 38.6 Å². The number of methoxy groups -OCH3 is 1. The van der Waals surface area contributed by atoms with Crippen LogP contribution >= 0.6 is 23.2 Å². The highest BCUT2D eigenvalue weighted by Crippen LogP contribution is 2.67. The van der Waals surface area contributed by atoms with Gasteiger partial charge in [0.05, 0.1) is 35.9 Å². The van der Waals surface area contributed by atoms with Crippen LogP contribution in [0.5, 0.6) is 11.5 Å². The molecule has 2 heterocycles. The maximum absolute atomic E-state index is 14.5. The first-order valence-corrected chi connectivity index (χ1v) is 15.4. The van der Waals surface area contributed by atoms with Crippen molar-refractivity contribution in [3.8, 4) is 11.5 Å². The number of alkyl halides is 2. The summed E-state index contributed by atoms with van der Waals surface area (Å²) in [6.07, 6.45) is 1.42. The third kappa shape index (κ3) is 4.12. The minimum absolute atomic E-state index is 0.0188. The number of ether oxygens (including phenoxy) is 1. The minimum Gasteiger partial charge on any atom is -0.508 e. The summed E-state index contributed by atoms with van der Waals surface area (Å²) in [5.74, 6) is -9.19. The molecule has 0 aromatic heterocycles. The number of carbonyl (C=O) groups excluding carboxylic acids is 4. The Morgan fingerprint density at radius 3 is 2.30 bits per heavy atom. The third-order valence-corrected chi connectivity index (χ3v) is 11.2. The number of hydrogen-bond acceptors (Lipinski definition) is 7. The Morgan fingerprint density at radius 2 is 1.62 bits per heavy atom. The van der Waals surface area contributed by atoms with Gasteiger partial charge in [0.1, 0.15) is 17.3 Å². The minimum atomic E-state index is -2.26. The van der Waals surface area contributed by atoms with Gasteiger partial charge >= 0.3 is 5.97 Å². The first-order valence-electron chi connectivity index (χ1n) is 14.6. The van der Waals surface area contributed by atoms with Crippen molar-refractivity contribution in [2.75, 3.05) is 16.9 Å². The zero-order valence-electron chi connectivity index (χ0n) is 24.5. The fourth-order valence-corrected chi connectivity index (χ4v) is 8.67. The number of phenolic OH excluding ortho intramolecular Hbond substituents is 1. The van der Waals surface area contributed by atoms with Crippen molar-refractivity contribution in [1.29, 1.82) is 0 Å². The number of benzene rings is 3. The number of rotatable bonds is 5. The number of carbonyl (C=O) groups is 5. The predicted octanol–water partition coefficient (Wildman–Crippen LogP) is 5.01. The third-order valence-electron chi connectivity index (χ3n) is 9.80. The van der Waals surface area contributed by atoms with Gasteiger partial charge < -0.3 is 14.9 Å². The van der Waals surface area contributed by atoms with E-state index in [1.165, 1.54) is 55.6 Å². The van der Waals surface area contributed by atoms with Crippen LogP contribution in [-0.2, 0) is 19.2 Å². The first-order chi connectivity index (χ1) is 22.3. The summed E-state index contributed by atoms with van der Waals surface area (Å²) in [5, 5.41) is 20.8. The van der Waals surface area contributed by atoms with E-state index in [0.717, 1.165) is 21.9 Å². The summed E-state index contributed by atoms with van der Waals surface area (Å²) in [7, 11) is 1.35. The number of carboxylic acid groups (broad SMARTS) is 1. The van der Waals surface area contributed by atoms with Crippen molar-refractivity contribution < 1.29 is 43.3 Å².